The Kier molecular flexibility index (Phi) is 7.30. The number of carbonyl (C=O) groups is 2. The van der Waals surface area contributed by atoms with E-state index in [9.17, 15) is 9.59 Å². The third kappa shape index (κ3) is 6.49. The summed E-state index contributed by atoms with van der Waals surface area (Å²) >= 11 is 1.27. The fourth-order valence-electron chi connectivity index (χ4n) is 3.30. The molecule has 1 saturated heterocycles. The Labute approximate surface area is 187 Å². The van der Waals surface area contributed by atoms with E-state index in [0.717, 1.165) is 37.6 Å². The predicted octanol–water partition coefficient (Wildman–Crippen LogP) is 3.26. The van der Waals surface area contributed by atoms with Crippen molar-refractivity contribution in [2.45, 2.75) is 70.0 Å². The number of anilines is 1. The van der Waals surface area contributed by atoms with E-state index in [1.165, 1.54) is 11.8 Å². The lowest BCUT2D eigenvalue weighted by atomic mass is 10.00. The smallest absolute Gasteiger partial charge is 0.321 e. The van der Waals surface area contributed by atoms with Gasteiger partial charge < -0.3 is 14.6 Å². The predicted molar refractivity (Wildman–Crippen MR) is 120 cm³/mol. The average molecular weight is 449 g/mol. The third-order valence-electron chi connectivity index (χ3n) is 5.03. The van der Waals surface area contributed by atoms with Crippen LogP contribution in [0.2, 0.25) is 0 Å². The highest BCUT2D eigenvalue weighted by Gasteiger charge is 2.26. The molecule has 3 rings (SSSR count). The number of aromatic nitrogens is 3. The van der Waals surface area contributed by atoms with Gasteiger partial charge in [0.1, 0.15) is 5.76 Å². The summed E-state index contributed by atoms with van der Waals surface area (Å²) in [7, 11) is 0. The van der Waals surface area contributed by atoms with Crippen molar-refractivity contribution in [1.29, 1.82) is 0 Å². The van der Waals surface area contributed by atoms with Crippen LogP contribution in [0.15, 0.2) is 28.0 Å². The highest BCUT2D eigenvalue weighted by Crippen LogP contribution is 2.29. The first-order valence-corrected chi connectivity index (χ1v) is 11.5. The lowest BCUT2D eigenvalue weighted by molar-refractivity contribution is -0.119. The minimum Gasteiger partial charge on any atom is -0.467 e. The number of imide groups is 1. The number of thioether (sulfide) groups is 1. The molecule has 0 saturated carbocycles. The van der Waals surface area contributed by atoms with E-state index < -0.39 is 16.8 Å². The zero-order chi connectivity index (χ0) is 22.6. The van der Waals surface area contributed by atoms with Crippen molar-refractivity contribution < 1.29 is 14.0 Å². The largest absolute Gasteiger partial charge is 0.467 e. The van der Waals surface area contributed by atoms with Gasteiger partial charge in [0.25, 0.3) is 0 Å². The van der Waals surface area contributed by atoms with Crippen molar-refractivity contribution in [3.63, 3.8) is 0 Å². The van der Waals surface area contributed by atoms with E-state index in [4.69, 9.17) is 4.42 Å². The fraction of sp³-hybridized carbons (Fsp3) is 0.619. The van der Waals surface area contributed by atoms with Gasteiger partial charge in [-0.1, -0.05) is 18.7 Å². The van der Waals surface area contributed by atoms with Crippen LogP contribution < -0.4 is 15.5 Å². The van der Waals surface area contributed by atoms with Crippen LogP contribution >= 0.6 is 11.8 Å². The topological polar surface area (TPSA) is 105 Å². The van der Waals surface area contributed by atoms with Gasteiger partial charge in [-0.25, -0.2) is 4.79 Å². The molecule has 1 atom stereocenters. The second-order valence-corrected chi connectivity index (χ2v) is 10.4. The summed E-state index contributed by atoms with van der Waals surface area (Å²) in [5.74, 6) is 1.89. The molecule has 0 radical (unpaired) electrons. The van der Waals surface area contributed by atoms with Gasteiger partial charge in [0.2, 0.25) is 11.9 Å². The second-order valence-electron chi connectivity index (χ2n) is 9.07. The number of rotatable bonds is 6. The van der Waals surface area contributed by atoms with Crippen LogP contribution in [-0.2, 0) is 11.3 Å². The van der Waals surface area contributed by atoms with Crippen molar-refractivity contribution >= 4 is 29.6 Å². The zero-order valence-corrected chi connectivity index (χ0v) is 19.7. The van der Waals surface area contributed by atoms with Crippen LogP contribution in [0, 0.1) is 5.92 Å². The van der Waals surface area contributed by atoms with Gasteiger partial charge in [-0.05, 0) is 58.6 Å². The number of nitrogens with one attached hydrogen (secondary N) is 2. The third-order valence-corrected chi connectivity index (χ3v) is 6.11. The number of hydrogen-bond donors (Lipinski definition) is 2. The maximum Gasteiger partial charge on any atom is 0.321 e. The van der Waals surface area contributed by atoms with E-state index in [0.29, 0.717) is 17.6 Å². The van der Waals surface area contributed by atoms with Gasteiger partial charge in [-0.3, -0.25) is 14.7 Å². The highest BCUT2D eigenvalue weighted by atomic mass is 32.2. The standard InChI is InChI=1S/C21H32N6O3S/c1-14-8-10-26(11-9-14)19-24-25-20(27(19)13-16-7-6-12-30-16)31-15(2)17(28)22-18(29)23-21(3,4)5/h6-7,12,14-15H,8-11,13H2,1-5H3,(H2,22,23,28,29)/t15-/m0/s1. The molecule has 0 spiro atoms. The van der Waals surface area contributed by atoms with Crippen molar-refractivity contribution in [1.82, 2.24) is 25.4 Å². The Hall–Kier alpha value is -2.49. The van der Waals surface area contributed by atoms with E-state index in [-0.39, 0.29) is 5.91 Å². The molecule has 1 fully saturated rings. The van der Waals surface area contributed by atoms with Crippen LogP contribution in [0.4, 0.5) is 10.7 Å². The lowest BCUT2D eigenvalue weighted by Gasteiger charge is -2.31. The quantitative estimate of drug-likeness (QED) is 0.654. The molecular weight excluding hydrogens is 416 g/mol. The molecule has 0 unspecified atom stereocenters. The molecule has 2 aromatic heterocycles. The zero-order valence-electron chi connectivity index (χ0n) is 18.8. The van der Waals surface area contributed by atoms with Crippen molar-refractivity contribution in [3.8, 4) is 0 Å². The summed E-state index contributed by atoms with van der Waals surface area (Å²) in [6.07, 6.45) is 3.86. The normalized spacial score (nSPS) is 16.2. The second kappa shape index (κ2) is 9.76. The van der Waals surface area contributed by atoms with Gasteiger partial charge in [-0.15, -0.1) is 10.2 Å². The molecule has 3 heterocycles. The minimum absolute atomic E-state index is 0.382. The maximum atomic E-state index is 12.5. The van der Waals surface area contributed by atoms with Crippen LogP contribution in [-0.4, -0.2) is 50.6 Å². The summed E-state index contributed by atoms with van der Waals surface area (Å²) in [5.41, 5.74) is -0.426. The molecule has 1 aliphatic heterocycles. The highest BCUT2D eigenvalue weighted by molar-refractivity contribution is 8.00. The number of piperidine rings is 1. The van der Waals surface area contributed by atoms with Gasteiger partial charge in [0.05, 0.1) is 18.1 Å². The van der Waals surface area contributed by atoms with Gasteiger partial charge >= 0.3 is 6.03 Å². The molecule has 0 aromatic carbocycles. The lowest BCUT2D eigenvalue weighted by Crippen LogP contribution is -2.49. The number of amides is 3. The Morgan fingerprint density at radius 1 is 1.29 bits per heavy atom. The Bertz CT molecular complexity index is 882. The molecule has 10 heteroatoms. The molecule has 3 amide bonds. The number of hydrogen-bond acceptors (Lipinski definition) is 7. The van der Waals surface area contributed by atoms with Crippen LogP contribution in [0.5, 0.6) is 0 Å². The van der Waals surface area contributed by atoms with E-state index in [2.05, 4.69) is 32.7 Å². The van der Waals surface area contributed by atoms with E-state index >= 15 is 0 Å². The van der Waals surface area contributed by atoms with Crippen LogP contribution in [0.25, 0.3) is 0 Å². The summed E-state index contributed by atoms with van der Waals surface area (Å²) in [6.45, 7) is 11.9. The van der Waals surface area contributed by atoms with E-state index in [1.54, 1.807) is 13.2 Å². The average Bonchev–Trinajstić information content (AvgIpc) is 3.32. The van der Waals surface area contributed by atoms with Gasteiger partial charge in [0, 0.05) is 18.6 Å². The Balaban J connectivity index is 1.73. The molecule has 170 valence electrons. The molecule has 0 bridgehead atoms. The van der Waals surface area contributed by atoms with Crippen molar-refractivity contribution in [3.05, 3.63) is 24.2 Å². The summed E-state index contributed by atoms with van der Waals surface area (Å²) in [6, 6.07) is 3.24. The molecule has 2 aromatic rings. The van der Waals surface area contributed by atoms with Crippen LogP contribution in [0.3, 0.4) is 0 Å². The monoisotopic (exact) mass is 448 g/mol. The SMILES string of the molecule is CC1CCN(c2nnc(S[C@@H](C)C(=O)NC(=O)NC(C)(C)C)n2Cc2ccco2)CC1. The minimum atomic E-state index is -0.528. The molecule has 2 N–H and O–H groups in total. The first-order valence-electron chi connectivity index (χ1n) is 10.6. The van der Waals surface area contributed by atoms with Crippen molar-refractivity contribution in [2.75, 3.05) is 18.0 Å². The van der Waals surface area contributed by atoms with Crippen molar-refractivity contribution in [2.24, 2.45) is 5.92 Å². The van der Waals surface area contributed by atoms with Gasteiger partial charge in [0.15, 0.2) is 5.16 Å². The molecule has 0 aliphatic carbocycles. The first-order chi connectivity index (χ1) is 14.6. The molecule has 1 aliphatic rings. The number of urea groups is 1. The number of furan rings is 1. The van der Waals surface area contributed by atoms with Crippen LogP contribution in [0.1, 0.15) is 53.2 Å². The maximum absolute atomic E-state index is 12.5. The number of carbonyl (C=O) groups excluding carboxylic acids is 2. The summed E-state index contributed by atoms with van der Waals surface area (Å²) < 4.78 is 7.52. The summed E-state index contributed by atoms with van der Waals surface area (Å²) in [5, 5.41) is 14.0. The number of nitrogens with zero attached hydrogens (tertiary/aromatic N) is 4. The van der Waals surface area contributed by atoms with Gasteiger partial charge in [-0.2, -0.15) is 0 Å². The Morgan fingerprint density at radius 2 is 2.00 bits per heavy atom. The molecule has 31 heavy (non-hydrogen) atoms. The first kappa shape index (κ1) is 23.2. The molecule has 9 nitrogen and oxygen atoms in total. The molecular formula is C21H32N6O3S. The Morgan fingerprint density at radius 3 is 2.61 bits per heavy atom. The fourth-order valence-corrected chi connectivity index (χ4v) is 4.15. The summed E-state index contributed by atoms with van der Waals surface area (Å²) in [4.78, 5) is 26.8. The van der Waals surface area contributed by atoms with E-state index in [1.807, 2.05) is 37.5 Å².